The molecule has 2 aliphatic heterocycles. The van der Waals surface area contributed by atoms with Gasteiger partial charge in [-0.1, -0.05) is 41.7 Å². The molecule has 0 spiro atoms. The molecule has 222 valence electrons. The summed E-state index contributed by atoms with van der Waals surface area (Å²) in [5, 5.41) is 0.927. The molecule has 0 aliphatic carbocycles. The van der Waals surface area contributed by atoms with Crippen LogP contribution in [0.15, 0.2) is 75.8 Å². The van der Waals surface area contributed by atoms with Gasteiger partial charge in [-0.3, -0.25) is 14.2 Å². The largest absolute Gasteiger partial charge is 0.497 e. The minimum atomic E-state index is -0.736. The fraction of sp³-hybridized carbons (Fsp3) is 0.312. The van der Waals surface area contributed by atoms with E-state index in [4.69, 9.17) is 14.2 Å². The zero-order valence-corrected chi connectivity index (χ0v) is 25.1. The zero-order valence-electron chi connectivity index (χ0n) is 24.2. The number of rotatable bonds is 7. The van der Waals surface area contributed by atoms with Gasteiger partial charge in [-0.05, 0) is 43.7 Å². The smallest absolute Gasteiger partial charge is 0.338 e. The molecule has 0 N–H and O–H groups in total. The Labute approximate surface area is 251 Å². The summed E-state index contributed by atoms with van der Waals surface area (Å²) in [6.45, 7) is 6.12. The van der Waals surface area contributed by atoms with Gasteiger partial charge in [-0.2, -0.15) is 0 Å². The number of amides is 1. The van der Waals surface area contributed by atoms with E-state index in [9.17, 15) is 14.4 Å². The number of allylic oxidation sites excluding steroid dienone is 1. The van der Waals surface area contributed by atoms with Crippen molar-refractivity contribution in [3.05, 3.63) is 96.8 Å². The first-order valence-electron chi connectivity index (χ1n) is 14.2. The maximum Gasteiger partial charge on any atom is 0.338 e. The SMILES string of the molecule is CCOC(=O)C1=C(C)N=c2s/c(=C/c3cn(CC(=O)N4CCOCC4)c4ccccc34)c(=O)n2[C@@H]1c1cccc(OC)c1. The first kappa shape index (κ1) is 28.6. The third kappa shape index (κ3) is 5.41. The van der Waals surface area contributed by atoms with E-state index in [-0.39, 0.29) is 24.6 Å². The molecule has 11 heteroatoms. The number of hydrogen-bond donors (Lipinski definition) is 0. The van der Waals surface area contributed by atoms with E-state index in [1.807, 2.05) is 70.3 Å². The number of para-hydroxylation sites is 1. The highest BCUT2D eigenvalue weighted by Crippen LogP contribution is 2.32. The van der Waals surface area contributed by atoms with Gasteiger partial charge in [0.2, 0.25) is 5.91 Å². The Kier molecular flexibility index (Phi) is 8.00. The number of carbonyl (C=O) groups is 2. The monoisotopic (exact) mass is 600 g/mol. The van der Waals surface area contributed by atoms with E-state index in [0.717, 1.165) is 16.5 Å². The van der Waals surface area contributed by atoms with E-state index in [0.29, 0.717) is 58.2 Å². The van der Waals surface area contributed by atoms with Crippen molar-refractivity contribution in [3.63, 3.8) is 0 Å². The first-order chi connectivity index (χ1) is 20.9. The van der Waals surface area contributed by atoms with E-state index >= 15 is 0 Å². The van der Waals surface area contributed by atoms with Crippen LogP contribution in [-0.2, 0) is 25.6 Å². The molecule has 0 radical (unpaired) electrons. The Morgan fingerprint density at radius 1 is 1.14 bits per heavy atom. The van der Waals surface area contributed by atoms with Gasteiger partial charge < -0.3 is 23.7 Å². The lowest BCUT2D eigenvalue weighted by molar-refractivity contribution is -0.139. The summed E-state index contributed by atoms with van der Waals surface area (Å²) in [5.74, 6) is 0.117. The molecule has 4 heterocycles. The molecule has 1 amide bonds. The van der Waals surface area contributed by atoms with Crippen molar-refractivity contribution >= 4 is 40.2 Å². The maximum atomic E-state index is 14.1. The Bertz CT molecular complexity index is 1930. The lowest BCUT2D eigenvalue weighted by atomic mass is 9.95. The van der Waals surface area contributed by atoms with Gasteiger partial charge >= 0.3 is 5.97 Å². The summed E-state index contributed by atoms with van der Waals surface area (Å²) in [6, 6.07) is 14.4. The molecular formula is C32H32N4O6S. The number of thiazole rings is 1. The Hall–Kier alpha value is -4.48. The molecule has 1 atom stereocenters. The van der Waals surface area contributed by atoms with Crippen LogP contribution < -0.4 is 19.6 Å². The molecule has 6 rings (SSSR count). The lowest BCUT2D eigenvalue weighted by Gasteiger charge is -2.27. The molecular weight excluding hydrogens is 568 g/mol. The Morgan fingerprint density at radius 2 is 1.93 bits per heavy atom. The van der Waals surface area contributed by atoms with E-state index in [1.165, 1.54) is 11.3 Å². The van der Waals surface area contributed by atoms with Gasteiger partial charge in [0.05, 0.1) is 48.8 Å². The lowest BCUT2D eigenvalue weighted by Crippen LogP contribution is -2.42. The van der Waals surface area contributed by atoms with Crippen molar-refractivity contribution in [2.24, 2.45) is 4.99 Å². The van der Waals surface area contributed by atoms with Crippen LogP contribution in [0.25, 0.3) is 17.0 Å². The van der Waals surface area contributed by atoms with Crippen LogP contribution in [0, 0.1) is 0 Å². The second-order valence-electron chi connectivity index (χ2n) is 10.3. The number of carbonyl (C=O) groups excluding carboxylic acids is 2. The van der Waals surface area contributed by atoms with Crippen LogP contribution in [0.4, 0.5) is 0 Å². The van der Waals surface area contributed by atoms with E-state index in [2.05, 4.69) is 4.99 Å². The molecule has 1 saturated heterocycles. The number of ether oxygens (including phenoxy) is 3. The predicted molar refractivity (Wildman–Crippen MR) is 163 cm³/mol. The number of esters is 1. The Balaban J connectivity index is 1.47. The maximum absolute atomic E-state index is 14.1. The predicted octanol–water partition coefficient (Wildman–Crippen LogP) is 2.62. The first-order valence-corrected chi connectivity index (χ1v) is 15.0. The molecule has 1 fully saturated rings. The number of morpholine rings is 1. The molecule has 10 nitrogen and oxygen atoms in total. The molecule has 2 aromatic heterocycles. The second kappa shape index (κ2) is 12.0. The van der Waals surface area contributed by atoms with Crippen LogP contribution in [0.1, 0.15) is 31.0 Å². The highest BCUT2D eigenvalue weighted by Gasteiger charge is 2.33. The van der Waals surface area contributed by atoms with Crippen molar-refractivity contribution < 1.29 is 23.8 Å². The molecule has 2 aliphatic rings. The summed E-state index contributed by atoms with van der Waals surface area (Å²) in [6.07, 6.45) is 3.75. The standard InChI is InChI=1S/C32H32N4O6S/c1-4-42-31(39)28-20(2)33-32-36(29(28)21-8-7-9-23(16-21)40-3)30(38)26(43-32)17-22-18-35(25-11-6-5-10-24(22)25)19-27(37)34-12-14-41-15-13-34/h5-11,16-18,29H,4,12-15,19H2,1-3H3/b26-17+/t29-/m1/s1. The summed E-state index contributed by atoms with van der Waals surface area (Å²) in [7, 11) is 1.57. The van der Waals surface area contributed by atoms with Gasteiger partial charge in [0.1, 0.15) is 12.3 Å². The van der Waals surface area contributed by atoms with Gasteiger partial charge in [-0.15, -0.1) is 0 Å². The minimum absolute atomic E-state index is 0.0234. The highest BCUT2D eigenvalue weighted by atomic mass is 32.1. The minimum Gasteiger partial charge on any atom is -0.497 e. The molecule has 2 aromatic carbocycles. The Morgan fingerprint density at radius 3 is 2.70 bits per heavy atom. The van der Waals surface area contributed by atoms with Crippen molar-refractivity contribution in [2.75, 3.05) is 40.0 Å². The van der Waals surface area contributed by atoms with Crippen LogP contribution in [-0.4, -0.2) is 65.9 Å². The third-order valence-corrected chi connectivity index (χ3v) is 8.68. The van der Waals surface area contributed by atoms with Crippen molar-refractivity contribution in [2.45, 2.75) is 26.4 Å². The van der Waals surface area contributed by atoms with Crippen molar-refractivity contribution in [1.82, 2.24) is 14.0 Å². The molecule has 0 saturated carbocycles. The average molecular weight is 601 g/mol. The summed E-state index contributed by atoms with van der Waals surface area (Å²) in [4.78, 5) is 47.3. The van der Waals surface area contributed by atoms with Gasteiger partial charge in [-0.25, -0.2) is 9.79 Å². The number of fused-ring (bicyclic) bond motifs is 2. The van der Waals surface area contributed by atoms with Crippen LogP contribution in [0.2, 0.25) is 0 Å². The van der Waals surface area contributed by atoms with Gasteiger partial charge in [0.25, 0.3) is 5.56 Å². The fourth-order valence-corrected chi connectivity index (χ4v) is 6.68. The average Bonchev–Trinajstić information content (AvgIpc) is 3.52. The quantitative estimate of drug-likeness (QED) is 0.302. The number of methoxy groups -OCH3 is 1. The zero-order chi connectivity index (χ0) is 30.1. The third-order valence-electron chi connectivity index (χ3n) is 7.70. The van der Waals surface area contributed by atoms with Gasteiger partial charge in [0, 0.05) is 35.8 Å². The fourth-order valence-electron chi connectivity index (χ4n) is 5.64. The normalized spacial score (nSPS) is 17.1. The number of benzene rings is 2. The second-order valence-corrected chi connectivity index (χ2v) is 11.3. The topological polar surface area (TPSA) is 104 Å². The van der Waals surface area contributed by atoms with Crippen LogP contribution in [0.3, 0.4) is 0 Å². The van der Waals surface area contributed by atoms with Crippen LogP contribution >= 0.6 is 11.3 Å². The molecule has 4 aromatic rings. The van der Waals surface area contributed by atoms with Crippen LogP contribution in [0.5, 0.6) is 5.75 Å². The number of nitrogens with zero attached hydrogens (tertiary/aromatic N) is 4. The highest BCUT2D eigenvalue weighted by molar-refractivity contribution is 7.07. The van der Waals surface area contributed by atoms with Crippen molar-refractivity contribution in [1.29, 1.82) is 0 Å². The van der Waals surface area contributed by atoms with Gasteiger partial charge in [0.15, 0.2) is 4.80 Å². The number of hydrogen-bond acceptors (Lipinski definition) is 8. The van der Waals surface area contributed by atoms with Crippen molar-refractivity contribution in [3.8, 4) is 5.75 Å². The molecule has 0 unspecified atom stereocenters. The summed E-state index contributed by atoms with van der Waals surface area (Å²) in [5.41, 5.74) is 2.96. The molecule has 0 bridgehead atoms. The summed E-state index contributed by atoms with van der Waals surface area (Å²) < 4.78 is 20.2. The summed E-state index contributed by atoms with van der Waals surface area (Å²) >= 11 is 1.26. The number of aromatic nitrogens is 2. The van der Waals surface area contributed by atoms with E-state index in [1.54, 1.807) is 25.5 Å². The van der Waals surface area contributed by atoms with E-state index < -0.39 is 12.0 Å². The molecule has 43 heavy (non-hydrogen) atoms.